The number of anilines is 1. The first-order chi connectivity index (χ1) is 8.74. The first kappa shape index (κ1) is 13.0. The maximum atomic E-state index is 11.6. The van der Waals surface area contributed by atoms with Crippen LogP contribution in [0.3, 0.4) is 0 Å². The summed E-state index contributed by atoms with van der Waals surface area (Å²) in [5.74, 6) is 0.712. The van der Waals surface area contributed by atoms with Gasteiger partial charge in [0.25, 0.3) is 0 Å². The Morgan fingerprint density at radius 2 is 2.17 bits per heavy atom. The number of amides is 1. The normalized spacial score (nSPS) is 10.3. The van der Waals surface area contributed by atoms with Crippen molar-refractivity contribution < 1.29 is 4.79 Å². The summed E-state index contributed by atoms with van der Waals surface area (Å²) in [7, 11) is 0. The van der Waals surface area contributed by atoms with Crippen LogP contribution in [0, 0.1) is 0 Å². The van der Waals surface area contributed by atoms with Crippen LogP contribution < -0.4 is 5.32 Å². The van der Waals surface area contributed by atoms with E-state index in [-0.39, 0.29) is 5.91 Å². The third-order valence-electron chi connectivity index (χ3n) is 2.19. The summed E-state index contributed by atoms with van der Waals surface area (Å²) in [6.07, 6.45) is 3.67. The molecule has 94 valence electrons. The molecule has 1 amide bonds. The van der Waals surface area contributed by atoms with Gasteiger partial charge in [0.2, 0.25) is 5.91 Å². The van der Waals surface area contributed by atoms with E-state index in [0.717, 1.165) is 15.7 Å². The van der Waals surface area contributed by atoms with Gasteiger partial charge in [-0.25, -0.2) is 0 Å². The zero-order valence-corrected chi connectivity index (χ0v) is 11.1. The Balaban J connectivity index is 1.72. The number of hydrogen-bond donors (Lipinski definition) is 2. The van der Waals surface area contributed by atoms with Gasteiger partial charge in [-0.3, -0.25) is 9.89 Å². The van der Waals surface area contributed by atoms with Crippen molar-refractivity contribution in [2.75, 3.05) is 11.1 Å². The molecule has 0 atom stereocenters. The lowest BCUT2D eigenvalue weighted by atomic mass is 10.4. The van der Waals surface area contributed by atoms with Crippen LogP contribution in [0.1, 0.15) is 6.42 Å². The molecule has 1 aromatic heterocycles. The molecule has 0 aliphatic carbocycles. The van der Waals surface area contributed by atoms with Crippen molar-refractivity contribution >= 4 is 35.0 Å². The molecule has 0 saturated carbocycles. The second kappa shape index (κ2) is 6.47. The van der Waals surface area contributed by atoms with Gasteiger partial charge < -0.3 is 5.32 Å². The summed E-state index contributed by atoms with van der Waals surface area (Å²) in [5.41, 5.74) is 0.691. The average Bonchev–Trinajstić information content (AvgIpc) is 2.84. The number of thioether (sulfide) groups is 1. The molecule has 0 fully saturated rings. The van der Waals surface area contributed by atoms with Crippen LogP contribution in [0.25, 0.3) is 0 Å². The number of halogens is 1. The largest absolute Gasteiger partial charge is 0.323 e. The summed E-state index contributed by atoms with van der Waals surface area (Å²) in [6.45, 7) is 0. The quantitative estimate of drug-likeness (QED) is 0.828. The van der Waals surface area contributed by atoms with Crippen molar-refractivity contribution in [3.8, 4) is 0 Å². The lowest BCUT2D eigenvalue weighted by Crippen LogP contribution is -2.11. The summed E-state index contributed by atoms with van der Waals surface area (Å²) in [5, 5.41) is 9.86. The van der Waals surface area contributed by atoms with E-state index in [2.05, 4.69) is 15.5 Å². The van der Waals surface area contributed by atoms with Crippen LogP contribution in [0.5, 0.6) is 0 Å². The number of carbonyl (C=O) groups excluding carboxylic acids is 1. The van der Waals surface area contributed by atoms with Gasteiger partial charge in [-0.05, 0) is 24.3 Å². The van der Waals surface area contributed by atoms with E-state index in [1.165, 1.54) is 0 Å². The van der Waals surface area contributed by atoms with Crippen molar-refractivity contribution in [3.05, 3.63) is 41.7 Å². The standard InChI is InChI=1S/C12H12ClN3OS/c13-9-1-3-11(4-2-9)18-6-5-12(17)16-10-7-14-15-8-10/h1-4,7-8H,5-6H2,(H,14,15)(H,16,17). The predicted octanol–water partition coefficient (Wildman–Crippen LogP) is 3.18. The molecule has 0 radical (unpaired) electrons. The fourth-order valence-corrected chi connectivity index (χ4v) is 2.31. The Hall–Kier alpha value is -1.46. The lowest BCUT2D eigenvalue weighted by Gasteiger charge is -2.03. The maximum absolute atomic E-state index is 11.6. The zero-order chi connectivity index (χ0) is 12.8. The Kier molecular flexibility index (Phi) is 4.66. The number of aromatic nitrogens is 2. The molecule has 4 nitrogen and oxygen atoms in total. The molecule has 6 heteroatoms. The van der Waals surface area contributed by atoms with E-state index in [4.69, 9.17) is 11.6 Å². The molecular formula is C12H12ClN3OS. The summed E-state index contributed by atoms with van der Waals surface area (Å²) in [4.78, 5) is 12.7. The highest BCUT2D eigenvalue weighted by molar-refractivity contribution is 7.99. The van der Waals surface area contributed by atoms with Crippen LogP contribution in [0.4, 0.5) is 5.69 Å². The van der Waals surface area contributed by atoms with Gasteiger partial charge in [0.15, 0.2) is 0 Å². The summed E-state index contributed by atoms with van der Waals surface area (Å²) < 4.78 is 0. The number of H-pyrrole nitrogens is 1. The van der Waals surface area contributed by atoms with Crippen molar-refractivity contribution in [3.63, 3.8) is 0 Å². The number of carbonyl (C=O) groups is 1. The average molecular weight is 282 g/mol. The van der Waals surface area contributed by atoms with Gasteiger partial charge in [-0.1, -0.05) is 11.6 Å². The Morgan fingerprint density at radius 3 is 2.83 bits per heavy atom. The Morgan fingerprint density at radius 1 is 1.39 bits per heavy atom. The summed E-state index contributed by atoms with van der Waals surface area (Å²) in [6, 6.07) is 7.58. The Bertz CT molecular complexity index is 499. The van der Waals surface area contributed by atoms with Crippen molar-refractivity contribution in [1.82, 2.24) is 10.2 Å². The molecule has 1 heterocycles. The lowest BCUT2D eigenvalue weighted by molar-refractivity contribution is -0.115. The number of benzene rings is 1. The SMILES string of the molecule is O=C(CCSc1ccc(Cl)cc1)Nc1cn[nH]c1. The molecule has 0 spiro atoms. The van der Waals surface area contributed by atoms with Gasteiger partial charge in [-0.15, -0.1) is 11.8 Å². The van der Waals surface area contributed by atoms with Gasteiger partial charge in [0, 0.05) is 28.3 Å². The minimum Gasteiger partial charge on any atom is -0.323 e. The second-order valence-electron chi connectivity index (χ2n) is 3.59. The first-order valence-corrected chi connectivity index (χ1v) is 6.77. The van der Waals surface area contributed by atoms with Crippen LogP contribution in [-0.4, -0.2) is 21.9 Å². The highest BCUT2D eigenvalue weighted by Crippen LogP contribution is 2.21. The predicted molar refractivity (Wildman–Crippen MR) is 74.0 cm³/mol. The van der Waals surface area contributed by atoms with Crippen molar-refractivity contribution in [2.24, 2.45) is 0 Å². The van der Waals surface area contributed by atoms with E-state index >= 15 is 0 Å². The van der Waals surface area contributed by atoms with E-state index in [1.54, 1.807) is 24.2 Å². The minimum atomic E-state index is -0.0159. The highest BCUT2D eigenvalue weighted by atomic mass is 35.5. The number of nitrogens with one attached hydrogen (secondary N) is 2. The molecule has 0 saturated heterocycles. The van der Waals surface area contributed by atoms with E-state index < -0.39 is 0 Å². The fraction of sp³-hybridized carbons (Fsp3) is 0.167. The van der Waals surface area contributed by atoms with Crippen molar-refractivity contribution in [1.29, 1.82) is 0 Å². The van der Waals surface area contributed by atoms with Crippen LogP contribution in [0.2, 0.25) is 5.02 Å². The van der Waals surface area contributed by atoms with Crippen molar-refractivity contribution in [2.45, 2.75) is 11.3 Å². The molecule has 2 N–H and O–H groups in total. The van der Waals surface area contributed by atoms with Crippen LogP contribution >= 0.6 is 23.4 Å². The topological polar surface area (TPSA) is 57.8 Å². The van der Waals surface area contributed by atoms with Gasteiger partial charge in [0.1, 0.15) is 0 Å². The molecule has 2 aromatic rings. The number of rotatable bonds is 5. The molecule has 1 aromatic carbocycles. The molecular weight excluding hydrogens is 270 g/mol. The van der Waals surface area contributed by atoms with E-state index in [9.17, 15) is 4.79 Å². The zero-order valence-electron chi connectivity index (χ0n) is 9.52. The van der Waals surface area contributed by atoms with E-state index in [0.29, 0.717) is 12.1 Å². The third-order valence-corrected chi connectivity index (χ3v) is 3.46. The van der Waals surface area contributed by atoms with Gasteiger partial charge in [0.05, 0.1) is 11.9 Å². The van der Waals surface area contributed by atoms with Gasteiger partial charge >= 0.3 is 0 Å². The van der Waals surface area contributed by atoms with Crippen LogP contribution in [0.15, 0.2) is 41.6 Å². The third kappa shape index (κ3) is 4.09. The molecule has 0 unspecified atom stereocenters. The number of hydrogen-bond acceptors (Lipinski definition) is 3. The molecule has 0 aliphatic heterocycles. The first-order valence-electron chi connectivity index (χ1n) is 5.41. The van der Waals surface area contributed by atoms with Crippen LogP contribution in [-0.2, 0) is 4.79 Å². The molecule has 0 bridgehead atoms. The molecule has 2 rings (SSSR count). The van der Waals surface area contributed by atoms with Gasteiger partial charge in [-0.2, -0.15) is 5.10 Å². The molecule has 18 heavy (non-hydrogen) atoms. The highest BCUT2D eigenvalue weighted by Gasteiger charge is 2.03. The monoisotopic (exact) mass is 281 g/mol. The number of nitrogens with zero attached hydrogens (tertiary/aromatic N) is 1. The maximum Gasteiger partial charge on any atom is 0.225 e. The van der Waals surface area contributed by atoms with E-state index in [1.807, 2.05) is 24.3 Å². The summed E-state index contributed by atoms with van der Waals surface area (Å²) >= 11 is 7.42. The Labute approximate surface area is 114 Å². The fourth-order valence-electron chi connectivity index (χ4n) is 1.34. The molecule has 0 aliphatic rings. The number of aromatic amines is 1. The smallest absolute Gasteiger partial charge is 0.225 e. The minimum absolute atomic E-state index is 0.0159. The second-order valence-corrected chi connectivity index (χ2v) is 5.19.